The zero-order valence-electron chi connectivity index (χ0n) is 6.42. The van der Waals surface area contributed by atoms with Gasteiger partial charge in [0, 0.05) is 0 Å². The number of hydrogen-bond donors (Lipinski definition) is 0. The molecule has 0 atom stereocenters. The van der Waals surface area contributed by atoms with E-state index in [1.165, 1.54) is 21.9 Å². The normalized spacial score (nSPS) is 14.8. The maximum absolute atomic E-state index is 3.65. The summed E-state index contributed by atoms with van der Waals surface area (Å²) in [6, 6.07) is 13.0. The lowest BCUT2D eigenvalue weighted by atomic mass is 9.85. The fourth-order valence-electron chi connectivity index (χ4n) is 1.91. The van der Waals surface area contributed by atoms with Gasteiger partial charge in [-0.25, -0.2) is 0 Å². The van der Waals surface area contributed by atoms with E-state index in [0.29, 0.717) is 4.83 Å². The Bertz CT molecular complexity index is 421. The standard InChI is InChI=1S/C11H7Br/c12-11-8-5-1-3-7-4-2-6-9(11)10(7)8/h1-6,11H. The molecule has 0 saturated heterocycles. The summed E-state index contributed by atoms with van der Waals surface area (Å²) in [5.74, 6) is 0. The van der Waals surface area contributed by atoms with Gasteiger partial charge < -0.3 is 0 Å². The van der Waals surface area contributed by atoms with Gasteiger partial charge in [-0.1, -0.05) is 52.3 Å². The summed E-state index contributed by atoms with van der Waals surface area (Å²) in [5.41, 5.74) is 2.87. The second-order valence-corrected chi connectivity index (χ2v) is 4.07. The van der Waals surface area contributed by atoms with Crippen molar-refractivity contribution in [3.63, 3.8) is 0 Å². The van der Waals surface area contributed by atoms with Gasteiger partial charge in [-0.05, 0) is 21.9 Å². The van der Waals surface area contributed by atoms with Crippen molar-refractivity contribution in [2.45, 2.75) is 4.83 Å². The van der Waals surface area contributed by atoms with Crippen LogP contribution in [-0.2, 0) is 0 Å². The molecule has 0 radical (unpaired) electrons. The summed E-state index contributed by atoms with van der Waals surface area (Å²) in [6.07, 6.45) is 0. The van der Waals surface area contributed by atoms with Crippen molar-refractivity contribution in [2.75, 3.05) is 0 Å². The van der Waals surface area contributed by atoms with Gasteiger partial charge in [0.05, 0.1) is 4.83 Å². The van der Waals surface area contributed by atoms with E-state index < -0.39 is 0 Å². The minimum Gasteiger partial charge on any atom is -0.0786 e. The number of benzene rings is 2. The first-order chi connectivity index (χ1) is 5.88. The molecule has 1 aliphatic carbocycles. The highest BCUT2D eigenvalue weighted by Crippen LogP contribution is 2.47. The van der Waals surface area contributed by atoms with Crippen molar-refractivity contribution in [3.05, 3.63) is 47.5 Å². The van der Waals surface area contributed by atoms with Crippen LogP contribution in [0.3, 0.4) is 0 Å². The van der Waals surface area contributed by atoms with E-state index in [9.17, 15) is 0 Å². The van der Waals surface area contributed by atoms with Crippen LogP contribution >= 0.6 is 15.9 Å². The molecule has 2 aromatic rings. The second-order valence-electron chi connectivity index (χ2n) is 3.16. The van der Waals surface area contributed by atoms with Crippen LogP contribution in [0.5, 0.6) is 0 Å². The summed E-state index contributed by atoms with van der Waals surface area (Å²) in [5, 5.41) is 2.81. The molecule has 3 rings (SSSR count). The average molecular weight is 219 g/mol. The predicted octanol–water partition coefficient (Wildman–Crippen LogP) is 3.64. The lowest BCUT2D eigenvalue weighted by Gasteiger charge is -2.25. The quantitative estimate of drug-likeness (QED) is 0.593. The Morgan fingerprint density at radius 3 is 2.08 bits per heavy atom. The first-order valence-electron chi connectivity index (χ1n) is 4.03. The molecular formula is C11H7Br. The molecule has 0 spiro atoms. The first-order valence-corrected chi connectivity index (χ1v) is 4.95. The molecule has 2 aromatic carbocycles. The Labute approximate surface area is 79.3 Å². The van der Waals surface area contributed by atoms with Gasteiger partial charge in [-0.3, -0.25) is 0 Å². The van der Waals surface area contributed by atoms with Crippen LogP contribution < -0.4 is 0 Å². The van der Waals surface area contributed by atoms with Gasteiger partial charge in [0.15, 0.2) is 0 Å². The molecule has 0 nitrogen and oxygen atoms in total. The highest BCUT2D eigenvalue weighted by molar-refractivity contribution is 9.09. The van der Waals surface area contributed by atoms with E-state index in [2.05, 4.69) is 52.3 Å². The fraction of sp³-hybridized carbons (Fsp3) is 0.0909. The van der Waals surface area contributed by atoms with Crippen LogP contribution in [0.1, 0.15) is 16.0 Å². The molecule has 1 heteroatoms. The van der Waals surface area contributed by atoms with Crippen molar-refractivity contribution in [3.8, 4) is 0 Å². The molecule has 12 heavy (non-hydrogen) atoms. The molecule has 58 valence electrons. The average Bonchev–Trinajstić information content (AvgIpc) is 2.16. The highest BCUT2D eigenvalue weighted by Gasteiger charge is 2.25. The Balaban J connectivity index is 2.54. The van der Waals surface area contributed by atoms with Crippen molar-refractivity contribution in [2.24, 2.45) is 0 Å². The van der Waals surface area contributed by atoms with Gasteiger partial charge in [0.1, 0.15) is 0 Å². The number of alkyl halides is 1. The van der Waals surface area contributed by atoms with E-state index in [1.807, 2.05) is 0 Å². The molecule has 0 saturated carbocycles. The summed E-state index contributed by atoms with van der Waals surface area (Å²) in [7, 11) is 0. The van der Waals surface area contributed by atoms with Gasteiger partial charge in [0.25, 0.3) is 0 Å². The summed E-state index contributed by atoms with van der Waals surface area (Å²) < 4.78 is 0. The van der Waals surface area contributed by atoms with E-state index >= 15 is 0 Å². The molecule has 0 bridgehead atoms. The van der Waals surface area contributed by atoms with E-state index in [0.717, 1.165) is 0 Å². The smallest absolute Gasteiger partial charge is 0.0656 e. The van der Waals surface area contributed by atoms with Crippen LogP contribution in [0.4, 0.5) is 0 Å². The van der Waals surface area contributed by atoms with Crippen LogP contribution in [0.15, 0.2) is 36.4 Å². The van der Waals surface area contributed by atoms with Crippen LogP contribution in [-0.4, -0.2) is 0 Å². The van der Waals surface area contributed by atoms with Gasteiger partial charge in [-0.15, -0.1) is 0 Å². The molecule has 1 aliphatic rings. The predicted molar refractivity (Wildman–Crippen MR) is 54.7 cm³/mol. The third kappa shape index (κ3) is 0.632. The third-order valence-corrected chi connectivity index (χ3v) is 3.50. The van der Waals surface area contributed by atoms with Crippen molar-refractivity contribution in [1.82, 2.24) is 0 Å². The van der Waals surface area contributed by atoms with Gasteiger partial charge in [0.2, 0.25) is 0 Å². The Morgan fingerprint density at radius 1 is 0.917 bits per heavy atom. The minimum absolute atomic E-state index is 0.470. The summed E-state index contributed by atoms with van der Waals surface area (Å²) >= 11 is 3.65. The number of halogens is 1. The maximum Gasteiger partial charge on any atom is 0.0656 e. The largest absolute Gasteiger partial charge is 0.0786 e. The van der Waals surface area contributed by atoms with Gasteiger partial charge in [-0.2, -0.15) is 0 Å². The summed E-state index contributed by atoms with van der Waals surface area (Å²) in [6.45, 7) is 0. The van der Waals surface area contributed by atoms with Crippen LogP contribution in [0.2, 0.25) is 0 Å². The van der Waals surface area contributed by atoms with Crippen LogP contribution in [0, 0.1) is 0 Å². The second kappa shape index (κ2) is 2.11. The zero-order chi connectivity index (χ0) is 8.13. The van der Waals surface area contributed by atoms with Crippen molar-refractivity contribution >= 4 is 26.7 Å². The SMILES string of the molecule is BrC1c2cccc3cccc1c23. The molecule has 0 unspecified atom stereocenters. The monoisotopic (exact) mass is 218 g/mol. The summed E-state index contributed by atoms with van der Waals surface area (Å²) in [4.78, 5) is 0.470. The van der Waals surface area contributed by atoms with Crippen molar-refractivity contribution in [1.29, 1.82) is 0 Å². The Kier molecular flexibility index (Phi) is 1.17. The lowest BCUT2D eigenvalue weighted by molar-refractivity contribution is 1.15. The van der Waals surface area contributed by atoms with Crippen LogP contribution in [0.25, 0.3) is 10.8 Å². The van der Waals surface area contributed by atoms with Gasteiger partial charge >= 0.3 is 0 Å². The topological polar surface area (TPSA) is 0 Å². The Hall–Kier alpha value is -0.820. The zero-order valence-corrected chi connectivity index (χ0v) is 8.01. The van der Waals surface area contributed by atoms with E-state index in [-0.39, 0.29) is 0 Å². The molecule has 0 N–H and O–H groups in total. The maximum atomic E-state index is 3.65. The van der Waals surface area contributed by atoms with Crippen molar-refractivity contribution < 1.29 is 0 Å². The molecular weight excluding hydrogens is 212 g/mol. The molecule has 0 amide bonds. The first kappa shape index (κ1) is 6.67. The lowest BCUT2D eigenvalue weighted by Crippen LogP contribution is -2.05. The minimum atomic E-state index is 0.470. The Morgan fingerprint density at radius 2 is 1.50 bits per heavy atom. The number of rotatable bonds is 0. The molecule has 0 aliphatic heterocycles. The van der Waals surface area contributed by atoms with E-state index in [4.69, 9.17) is 0 Å². The molecule has 0 fully saturated rings. The molecule has 0 heterocycles. The number of hydrogen-bond acceptors (Lipinski definition) is 0. The highest BCUT2D eigenvalue weighted by atomic mass is 79.9. The molecule has 0 aromatic heterocycles. The van der Waals surface area contributed by atoms with E-state index in [1.54, 1.807) is 0 Å². The fourth-order valence-corrected chi connectivity index (χ4v) is 2.68. The third-order valence-electron chi connectivity index (χ3n) is 2.52.